The normalized spacial score (nSPS) is 14.2. The van der Waals surface area contributed by atoms with Crippen molar-refractivity contribution >= 4 is 35.0 Å². The third kappa shape index (κ3) is 12.1. The Balaban J connectivity index is 2.14. The highest BCUT2D eigenvalue weighted by atomic mass is 32.1. The Kier molecular flexibility index (Phi) is 15.3. The van der Waals surface area contributed by atoms with Gasteiger partial charge in [-0.2, -0.15) is 0 Å². The molecular weight excluding hydrogens is 602 g/mol. The molecule has 0 radical (unpaired) electrons. The Bertz CT molecular complexity index is 1310. The van der Waals surface area contributed by atoms with Crippen molar-refractivity contribution in [1.82, 2.24) is 25.8 Å². The molecule has 1 heterocycles. The van der Waals surface area contributed by atoms with Gasteiger partial charge in [-0.3, -0.25) is 19.2 Å². The molecule has 11 heteroatoms. The summed E-state index contributed by atoms with van der Waals surface area (Å²) in [4.78, 5) is 59.1. The Hall–Kier alpha value is -3.31. The molecule has 10 nitrogen and oxygen atoms in total. The molecule has 2 rings (SSSR count). The van der Waals surface area contributed by atoms with Crippen molar-refractivity contribution in [3.8, 4) is 0 Å². The van der Waals surface area contributed by atoms with Crippen LogP contribution in [0, 0.1) is 30.6 Å². The summed E-state index contributed by atoms with van der Waals surface area (Å²) < 4.78 is 0. The van der Waals surface area contributed by atoms with Crippen molar-refractivity contribution in [3.63, 3.8) is 0 Å². The molecule has 0 saturated heterocycles. The molecule has 0 fully saturated rings. The fraction of sp³-hybridized carbons (Fsp3) is 0.629. The van der Waals surface area contributed by atoms with Gasteiger partial charge in [-0.15, -0.1) is 11.3 Å². The number of aryl methyl sites for hydroxylation is 1. The van der Waals surface area contributed by atoms with Crippen LogP contribution in [0.4, 0.5) is 0 Å². The lowest BCUT2D eigenvalue weighted by atomic mass is 9.91. The topological polar surface area (TPSA) is 141 Å². The molecule has 1 aromatic heterocycles. The monoisotopic (exact) mass is 657 g/mol. The van der Waals surface area contributed by atoms with E-state index in [-0.39, 0.29) is 47.9 Å². The molecule has 2 aromatic rings. The number of benzene rings is 1. The number of nitrogens with one attached hydrogen (secondary N) is 3. The second-order valence-electron chi connectivity index (χ2n) is 13.8. The van der Waals surface area contributed by atoms with Crippen LogP contribution >= 0.6 is 11.3 Å². The van der Waals surface area contributed by atoms with E-state index >= 15 is 0 Å². The molecule has 4 unspecified atom stereocenters. The number of hydrogen-bond donors (Lipinski definition) is 4. The van der Waals surface area contributed by atoms with Gasteiger partial charge < -0.3 is 26.0 Å². The summed E-state index contributed by atoms with van der Waals surface area (Å²) in [6, 6.07) is 5.19. The minimum Gasteiger partial charge on any atom is -0.391 e. The summed E-state index contributed by atoms with van der Waals surface area (Å²) in [6.07, 6.45) is -0.428. The molecule has 0 aliphatic heterocycles. The smallest absolute Gasteiger partial charge is 0.254 e. The third-order valence-electron chi connectivity index (χ3n) is 7.71. The van der Waals surface area contributed by atoms with E-state index in [1.807, 2.05) is 67.7 Å². The van der Waals surface area contributed by atoms with E-state index in [0.717, 1.165) is 10.7 Å². The first-order valence-corrected chi connectivity index (χ1v) is 17.3. The zero-order valence-corrected chi connectivity index (χ0v) is 30.0. The van der Waals surface area contributed by atoms with Crippen LogP contribution in [0.3, 0.4) is 0 Å². The average molecular weight is 658 g/mol. The number of aromatic nitrogens is 1. The highest BCUT2D eigenvalue weighted by Crippen LogP contribution is 2.20. The fourth-order valence-electron chi connectivity index (χ4n) is 5.02. The predicted molar refractivity (Wildman–Crippen MR) is 183 cm³/mol. The maximum atomic E-state index is 13.5. The standard InChI is InChI=1S/C35H55N5O5S/c1-20(2)14-28(29(41)15-24(9)32(42)39-31(22(5)6)34(44)36-17-21(3)4)38-33(43)26-12-11-13-27(16-26)35(45)40(23(7)8)18-30-37-25(10)19-46-30/h11-13,16,19-24,28-29,31,41H,14-15,17-18H2,1-10H3,(H,36,44)(H,38,43)(H,39,42). The number of aliphatic hydroxyl groups is 1. The second-order valence-corrected chi connectivity index (χ2v) is 14.7. The summed E-state index contributed by atoms with van der Waals surface area (Å²) in [7, 11) is 0. The SMILES string of the molecule is Cc1csc(CN(C(=O)c2cccc(C(=O)NC(CC(C)C)C(O)CC(C)C(=O)NC(C(=O)NCC(C)C)C(C)C)c2)C(C)C)n1. The van der Waals surface area contributed by atoms with E-state index in [2.05, 4.69) is 20.9 Å². The van der Waals surface area contributed by atoms with E-state index in [0.29, 0.717) is 30.6 Å². The van der Waals surface area contributed by atoms with E-state index in [1.54, 1.807) is 36.1 Å². The van der Waals surface area contributed by atoms with E-state index in [1.165, 1.54) is 11.3 Å². The molecule has 4 atom stereocenters. The van der Waals surface area contributed by atoms with Crippen molar-refractivity contribution in [3.05, 3.63) is 51.5 Å². The molecule has 0 aliphatic carbocycles. The van der Waals surface area contributed by atoms with Crippen molar-refractivity contribution in [2.45, 2.75) is 113 Å². The molecule has 4 amide bonds. The zero-order chi connectivity index (χ0) is 34.7. The lowest BCUT2D eigenvalue weighted by molar-refractivity contribution is -0.132. The minimum absolute atomic E-state index is 0.0795. The average Bonchev–Trinajstić information content (AvgIpc) is 3.40. The van der Waals surface area contributed by atoms with Crippen LogP contribution in [0.1, 0.15) is 107 Å². The van der Waals surface area contributed by atoms with Crippen LogP contribution < -0.4 is 16.0 Å². The van der Waals surface area contributed by atoms with Crippen LogP contribution in [0.15, 0.2) is 29.6 Å². The second kappa shape index (κ2) is 18.1. The Morgan fingerprint density at radius 3 is 2.09 bits per heavy atom. The molecule has 46 heavy (non-hydrogen) atoms. The van der Waals surface area contributed by atoms with Gasteiger partial charge in [0.25, 0.3) is 11.8 Å². The van der Waals surface area contributed by atoms with Crippen molar-refractivity contribution in [1.29, 1.82) is 0 Å². The first-order valence-electron chi connectivity index (χ1n) is 16.4. The zero-order valence-electron chi connectivity index (χ0n) is 29.2. The quantitative estimate of drug-likeness (QED) is 0.190. The Morgan fingerprint density at radius 1 is 0.891 bits per heavy atom. The number of nitrogens with zero attached hydrogens (tertiary/aromatic N) is 2. The van der Waals surface area contributed by atoms with Gasteiger partial charge in [0.2, 0.25) is 11.8 Å². The van der Waals surface area contributed by atoms with Gasteiger partial charge in [-0.25, -0.2) is 4.98 Å². The molecule has 0 aliphatic rings. The van der Waals surface area contributed by atoms with Crippen LogP contribution in [0.2, 0.25) is 0 Å². The third-order valence-corrected chi connectivity index (χ3v) is 8.66. The predicted octanol–water partition coefficient (Wildman–Crippen LogP) is 4.95. The summed E-state index contributed by atoms with van der Waals surface area (Å²) in [5.41, 5.74) is 1.60. The van der Waals surface area contributed by atoms with Crippen LogP contribution in [-0.2, 0) is 16.1 Å². The summed E-state index contributed by atoms with van der Waals surface area (Å²) in [6.45, 7) is 20.1. The van der Waals surface area contributed by atoms with Crippen LogP contribution in [0.25, 0.3) is 0 Å². The minimum atomic E-state index is -1.01. The van der Waals surface area contributed by atoms with Gasteiger partial charge in [0, 0.05) is 40.7 Å². The van der Waals surface area contributed by atoms with Crippen LogP contribution in [0.5, 0.6) is 0 Å². The van der Waals surface area contributed by atoms with Crippen molar-refractivity contribution in [2.24, 2.45) is 23.7 Å². The molecular formula is C35H55N5O5S. The number of carbonyl (C=O) groups is 4. The fourth-order valence-corrected chi connectivity index (χ4v) is 5.79. The highest BCUT2D eigenvalue weighted by Gasteiger charge is 2.30. The molecule has 0 saturated carbocycles. The Morgan fingerprint density at radius 2 is 1.54 bits per heavy atom. The van der Waals surface area contributed by atoms with Gasteiger partial charge in [-0.1, -0.05) is 54.5 Å². The first-order chi connectivity index (χ1) is 21.5. The van der Waals surface area contributed by atoms with Gasteiger partial charge in [0.1, 0.15) is 11.0 Å². The lowest BCUT2D eigenvalue weighted by Crippen LogP contribution is -2.52. The molecule has 256 valence electrons. The maximum absolute atomic E-state index is 13.5. The highest BCUT2D eigenvalue weighted by molar-refractivity contribution is 7.09. The molecule has 0 bridgehead atoms. The van der Waals surface area contributed by atoms with Gasteiger partial charge in [0.05, 0.1) is 18.7 Å². The van der Waals surface area contributed by atoms with Crippen LogP contribution in [-0.4, -0.2) is 69.4 Å². The molecule has 4 N–H and O–H groups in total. The summed E-state index contributed by atoms with van der Waals surface area (Å²) in [5.74, 6) is -1.46. The summed E-state index contributed by atoms with van der Waals surface area (Å²) >= 11 is 1.51. The maximum Gasteiger partial charge on any atom is 0.254 e. The van der Waals surface area contributed by atoms with Crippen molar-refractivity contribution < 1.29 is 24.3 Å². The van der Waals surface area contributed by atoms with Crippen molar-refractivity contribution in [2.75, 3.05) is 6.54 Å². The van der Waals surface area contributed by atoms with E-state index in [9.17, 15) is 24.3 Å². The van der Waals surface area contributed by atoms with Gasteiger partial charge >= 0.3 is 0 Å². The number of amides is 4. The first kappa shape index (κ1) is 38.9. The van der Waals surface area contributed by atoms with Gasteiger partial charge in [-0.05, 0) is 69.6 Å². The largest absolute Gasteiger partial charge is 0.391 e. The van der Waals surface area contributed by atoms with E-state index < -0.39 is 30.0 Å². The number of aliphatic hydroxyl groups excluding tert-OH is 1. The Labute approximate surface area is 279 Å². The summed E-state index contributed by atoms with van der Waals surface area (Å²) in [5, 5.41) is 22.7. The molecule has 0 spiro atoms. The number of rotatable bonds is 17. The van der Waals surface area contributed by atoms with Gasteiger partial charge in [0.15, 0.2) is 0 Å². The lowest BCUT2D eigenvalue weighted by Gasteiger charge is -2.29. The number of hydrogen-bond acceptors (Lipinski definition) is 7. The molecule has 1 aromatic carbocycles. The van der Waals surface area contributed by atoms with E-state index in [4.69, 9.17) is 0 Å². The number of carbonyl (C=O) groups excluding carboxylic acids is 4. The number of thiazole rings is 1.